The fraction of sp³-hybridized carbons (Fsp3) is 0.300. The summed E-state index contributed by atoms with van der Waals surface area (Å²) in [6.45, 7) is 2.62. The molecule has 5 nitrogen and oxygen atoms in total. The van der Waals surface area contributed by atoms with E-state index < -0.39 is 0 Å². The molecule has 3 aromatic rings. The van der Waals surface area contributed by atoms with Gasteiger partial charge in [0.25, 0.3) is 0 Å². The summed E-state index contributed by atoms with van der Waals surface area (Å²) in [6, 6.07) is 13.5. The number of carbonyl (C=O) groups excluding carboxylic acids is 1. The smallest absolute Gasteiger partial charge is 0.321 e. The molecular weight excluding hydrogens is 314 g/mol. The maximum absolute atomic E-state index is 12.5. The number of aromatic nitrogens is 1. The summed E-state index contributed by atoms with van der Waals surface area (Å²) in [6.07, 6.45) is 2.31. The molecule has 0 spiro atoms. The number of rotatable bonds is 4. The van der Waals surface area contributed by atoms with Crippen LogP contribution in [0, 0.1) is 6.92 Å². The first-order chi connectivity index (χ1) is 12.1. The number of aryl methyl sites for hydroxylation is 1. The zero-order valence-electron chi connectivity index (χ0n) is 14.5. The van der Waals surface area contributed by atoms with E-state index in [-0.39, 0.29) is 6.03 Å². The maximum atomic E-state index is 12.5. The first-order valence-electron chi connectivity index (χ1n) is 8.57. The Kier molecular flexibility index (Phi) is 3.92. The number of oxazole rings is 1. The summed E-state index contributed by atoms with van der Waals surface area (Å²) in [5.41, 5.74) is 4.61. The van der Waals surface area contributed by atoms with Crippen molar-refractivity contribution in [2.75, 3.05) is 12.4 Å². The Bertz CT molecular complexity index is 928. The van der Waals surface area contributed by atoms with Crippen LogP contribution in [0.5, 0.6) is 0 Å². The molecule has 0 aliphatic heterocycles. The molecule has 0 bridgehead atoms. The lowest BCUT2D eigenvalue weighted by Gasteiger charge is -2.19. The molecule has 2 aromatic carbocycles. The second-order valence-corrected chi connectivity index (χ2v) is 6.72. The molecular formula is C20H21N3O2. The quantitative estimate of drug-likeness (QED) is 0.753. The Hall–Kier alpha value is -2.82. The lowest BCUT2D eigenvalue weighted by molar-refractivity contribution is 0.220. The average Bonchev–Trinajstić information content (AvgIpc) is 3.36. The molecule has 1 N–H and O–H groups in total. The molecule has 1 aliphatic rings. The zero-order chi connectivity index (χ0) is 17.4. The molecule has 0 saturated heterocycles. The second-order valence-electron chi connectivity index (χ2n) is 6.72. The predicted octanol–water partition coefficient (Wildman–Crippen LogP) is 4.68. The van der Waals surface area contributed by atoms with Gasteiger partial charge in [0.2, 0.25) is 0 Å². The Labute approximate surface area is 146 Å². The van der Waals surface area contributed by atoms with E-state index >= 15 is 0 Å². The summed E-state index contributed by atoms with van der Waals surface area (Å²) in [5, 5.41) is 2.93. The average molecular weight is 335 g/mol. The summed E-state index contributed by atoms with van der Waals surface area (Å²) in [4.78, 5) is 18.7. The molecule has 1 aliphatic carbocycles. The third-order valence-corrected chi connectivity index (χ3v) is 4.60. The van der Waals surface area contributed by atoms with Gasteiger partial charge in [0.15, 0.2) is 11.5 Å². The monoisotopic (exact) mass is 335 g/mol. The molecule has 1 saturated carbocycles. The molecule has 1 fully saturated rings. The third-order valence-electron chi connectivity index (χ3n) is 4.60. The SMILES string of the molecule is Cc1ccccc1CN(C)C(=O)Nc1ccc2oc(C3CC3)nc2c1. The molecule has 0 radical (unpaired) electrons. The Morgan fingerprint density at radius 2 is 2.08 bits per heavy atom. The van der Waals surface area contributed by atoms with Gasteiger partial charge in [-0.05, 0) is 49.1 Å². The van der Waals surface area contributed by atoms with Crippen molar-refractivity contribution in [1.82, 2.24) is 9.88 Å². The second kappa shape index (κ2) is 6.24. The lowest BCUT2D eigenvalue weighted by Crippen LogP contribution is -2.31. The normalized spacial score (nSPS) is 13.8. The summed E-state index contributed by atoms with van der Waals surface area (Å²) < 4.78 is 5.76. The summed E-state index contributed by atoms with van der Waals surface area (Å²) in [5.74, 6) is 1.29. The minimum atomic E-state index is -0.145. The van der Waals surface area contributed by atoms with Crippen molar-refractivity contribution in [2.24, 2.45) is 0 Å². The maximum Gasteiger partial charge on any atom is 0.321 e. The number of anilines is 1. The number of hydrogen-bond acceptors (Lipinski definition) is 3. The number of fused-ring (bicyclic) bond motifs is 1. The number of hydrogen-bond donors (Lipinski definition) is 1. The summed E-state index contributed by atoms with van der Waals surface area (Å²) >= 11 is 0. The molecule has 5 heteroatoms. The van der Waals surface area contributed by atoms with Crippen LogP contribution in [-0.4, -0.2) is 23.0 Å². The molecule has 2 amide bonds. The number of nitrogens with zero attached hydrogens (tertiary/aromatic N) is 2. The van der Waals surface area contributed by atoms with Gasteiger partial charge in [-0.3, -0.25) is 0 Å². The van der Waals surface area contributed by atoms with Crippen molar-refractivity contribution in [1.29, 1.82) is 0 Å². The zero-order valence-corrected chi connectivity index (χ0v) is 14.5. The highest BCUT2D eigenvalue weighted by Gasteiger charge is 2.28. The molecule has 128 valence electrons. The van der Waals surface area contributed by atoms with Crippen LogP contribution in [0.1, 0.15) is 35.8 Å². The van der Waals surface area contributed by atoms with Crippen LogP contribution in [-0.2, 0) is 6.54 Å². The Balaban J connectivity index is 1.46. The highest BCUT2D eigenvalue weighted by atomic mass is 16.3. The highest BCUT2D eigenvalue weighted by molar-refractivity contribution is 5.91. The largest absolute Gasteiger partial charge is 0.440 e. The number of benzene rings is 2. The Morgan fingerprint density at radius 1 is 1.28 bits per heavy atom. The van der Waals surface area contributed by atoms with Crippen LogP contribution in [0.4, 0.5) is 10.5 Å². The van der Waals surface area contributed by atoms with Gasteiger partial charge >= 0.3 is 6.03 Å². The van der Waals surface area contributed by atoms with Crippen LogP contribution in [0.3, 0.4) is 0 Å². The van der Waals surface area contributed by atoms with Crippen LogP contribution < -0.4 is 5.32 Å². The van der Waals surface area contributed by atoms with E-state index in [1.54, 1.807) is 11.9 Å². The first-order valence-corrected chi connectivity index (χ1v) is 8.57. The van der Waals surface area contributed by atoms with Crippen molar-refractivity contribution in [3.05, 3.63) is 59.5 Å². The predicted molar refractivity (Wildman–Crippen MR) is 97.6 cm³/mol. The van der Waals surface area contributed by atoms with Crippen LogP contribution in [0.25, 0.3) is 11.1 Å². The fourth-order valence-corrected chi connectivity index (χ4v) is 2.86. The summed E-state index contributed by atoms with van der Waals surface area (Å²) in [7, 11) is 1.79. The van der Waals surface area contributed by atoms with Gasteiger partial charge in [-0.15, -0.1) is 0 Å². The van der Waals surface area contributed by atoms with Gasteiger partial charge in [-0.2, -0.15) is 0 Å². The number of carbonyl (C=O) groups is 1. The van der Waals surface area contributed by atoms with Gasteiger partial charge < -0.3 is 14.6 Å². The van der Waals surface area contributed by atoms with Crippen LogP contribution in [0.2, 0.25) is 0 Å². The van der Waals surface area contributed by atoms with E-state index in [9.17, 15) is 4.79 Å². The molecule has 4 rings (SSSR count). The van der Waals surface area contributed by atoms with Crippen molar-refractivity contribution in [2.45, 2.75) is 32.2 Å². The van der Waals surface area contributed by atoms with E-state index in [0.29, 0.717) is 12.5 Å². The topological polar surface area (TPSA) is 58.4 Å². The van der Waals surface area contributed by atoms with Crippen molar-refractivity contribution >= 4 is 22.8 Å². The minimum Gasteiger partial charge on any atom is -0.440 e. The van der Waals surface area contributed by atoms with E-state index in [4.69, 9.17) is 4.42 Å². The fourth-order valence-electron chi connectivity index (χ4n) is 2.86. The molecule has 1 aromatic heterocycles. The van der Waals surface area contributed by atoms with Crippen molar-refractivity contribution < 1.29 is 9.21 Å². The minimum absolute atomic E-state index is 0.145. The van der Waals surface area contributed by atoms with Gasteiger partial charge in [-0.25, -0.2) is 9.78 Å². The standard InChI is InChI=1S/C20H21N3O2/c1-13-5-3-4-6-15(13)12-23(2)20(24)21-16-9-10-18-17(11-16)22-19(25-18)14-7-8-14/h3-6,9-11,14H,7-8,12H2,1-2H3,(H,21,24). The number of urea groups is 1. The van der Waals surface area contributed by atoms with Gasteiger partial charge in [-0.1, -0.05) is 24.3 Å². The number of nitrogens with one attached hydrogen (secondary N) is 1. The molecule has 0 unspecified atom stereocenters. The van der Waals surface area contributed by atoms with E-state index in [1.165, 1.54) is 5.56 Å². The van der Waals surface area contributed by atoms with Gasteiger partial charge in [0, 0.05) is 25.2 Å². The lowest BCUT2D eigenvalue weighted by atomic mass is 10.1. The molecule has 0 atom stereocenters. The molecule has 1 heterocycles. The van der Waals surface area contributed by atoms with E-state index in [1.807, 2.05) is 36.4 Å². The van der Waals surface area contributed by atoms with Gasteiger partial charge in [0.05, 0.1) is 0 Å². The Morgan fingerprint density at radius 3 is 2.84 bits per heavy atom. The number of amides is 2. The molecule has 25 heavy (non-hydrogen) atoms. The van der Waals surface area contributed by atoms with E-state index in [2.05, 4.69) is 23.3 Å². The highest BCUT2D eigenvalue weighted by Crippen LogP contribution is 2.40. The van der Waals surface area contributed by atoms with E-state index in [0.717, 1.165) is 41.1 Å². The third kappa shape index (κ3) is 3.36. The first kappa shape index (κ1) is 15.7. The van der Waals surface area contributed by atoms with Crippen LogP contribution >= 0.6 is 0 Å². The van der Waals surface area contributed by atoms with Crippen molar-refractivity contribution in [3.63, 3.8) is 0 Å². The van der Waals surface area contributed by atoms with Gasteiger partial charge in [0.1, 0.15) is 5.52 Å². The van der Waals surface area contributed by atoms with Crippen LogP contribution in [0.15, 0.2) is 46.9 Å². The van der Waals surface area contributed by atoms with Crippen molar-refractivity contribution in [3.8, 4) is 0 Å².